The van der Waals surface area contributed by atoms with Crippen molar-refractivity contribution in [2.75, 3.05) is 46.4 Å². The van der Waals surface area contributed by atoms with Crippen LogP contribution in [0.25, 0.3) is 0 Å². The number of morpholine rings is 1. The first-order valence-electron chi connectivity index (χ1n) is 6.28. The highest BCUT2D eigenvalue weighted by atomic mass is 16.5. The number of unbranched alkanes of at least 4 members (excludes halogenated alkanes) is 1. The Morgan fingerprint density at radius 1 is 1.38 bits per heavy atom. The van der Waals surface area contributed by atoms with E-state index in [9.17, 15) is 4.79 Å². The van der Waals surface area contributed by atoms with E-state index in [2.05, 4.69) is 11.8 Å². The highest BCUT2D eigenvalue weighted by Crippen LogP contribution is 2.01. The van der Waals surface area contributed by atoms with Crippen molar-refractivity contribution in [3.63, 3.8) is 0 Å². The van der Waals surface area contributed by atoms with Gasteiger partial charge < -0.3 is 9.64 Å². The average molecular weight is 228 g/mol. The van der Waals surface area contributed by atoms with Crippen molar-refractivity contribution >= 4 is 5.91 Å². The maximum Gasteiger partial charge on any atom is 0.223 e. The van der Waals surface area contributed by atoms with E-state index in [0.717, 1.165) is 52.2 Å². The molecule has 1 amide bonds. The third kappa shape index (κ3) is 4.94. The third-order valence-corrected chi connectivity index (χ3v) is 3.02. The Morgan fingerprint density at radius 3 is 2.69 bits per heavy atom. The molecule has 0 spiro atoms. The van der Waals surface area contributed by atoms with Gasteiger partial charge in [0, 0.05) is 39.6 Å². The number of carbonyl (C=O) groups excluding carboxylic acids is 1. The standard InChI is InChI=1S/C12H24N2O2/c1-3-4-6-13(2)12(15)5-7-14-8-10-16-11-9-14/h3-11H2,1-2H3. The first kappa shape index (κ1) is 13.5. The first-order chi connectivity index (χ1) is 7.74. The summed E-state index contributed by atoms with van der Waals surface area (Å²) in [6.45, 7) is 7.45. The molecule has 0 aromatic carbocycles. The van der Waals surface area contributed by atoms with Gasteiger partial charge in [-0.3, -0.25) is 9.69 Å². The fourth-order valence-electron chi connectivity index (χ4n) is 1.79. The van der Waals surface area contributed by atoms with Crippen LogP contribution in [0.15, 0.2) is 0 Å². The number of carbonyl (C=O) groups is 1. The van der Waals surface area contributed by atoms with Gasteiger partial charge in [-0.2, -0.15) is 0 Å². The zero-order valence-corrected chi connectivity index (χ0v) is 10.6. The maximum absolute atomic E-state index is 11.8. The Labute approximate surface area is 98.5 Å². The Hall–Kier alpha value is -0.610. The molecule has 0 aromatic rings. The highest BCUT2D eigenvalue weighted by Gasteiger charge is 2.13. The summed E-state index contributed by atoms with van der Waals surface area (Å²) in [6, 6.07) is 0. The predicted octanol–water partition coefficient (Wildman–Crippen LogP) is 0.967. The third-order valence-electron chi connectivity index (χ3n) is 3.02. The molecule has 1 aliphatic rings. The molecule has 4 nitrogen and oxygen atoms in total. The van der Waals surface area contributed by atoms with Gasteiger partial charge in [0.05, 0.1) is 13.2 Å². The fraction of sp³-hybridized carbons (Fsp3) is 0.917. The van der Waals surface area contributed by atoms with E-state index in [1.807, 2.05) is 11.9 Å². The molecular weight excluding hydrogens is 204 g/mol. The summed E-state index contributed by atoms with van der Waals surface area (Å²) in [5.41, 5.74) is 0. The molecule has 0 N–H and O–H groups in total. The number of amides is 1. The molecule has 0 bridgehead atoms. The molecule has 1 saturated heterocycles. The molecule has 1 aliphatic heterocycles. The monoisotopic (exact) mass is 228 g/mol. The molecular formula is C12H24N2O2. The van der Waals surface area contributed by atoms with Gasteiger partial charge in [-0.25, -0.2) is 0 Å². The molecule has 94 valence electrons. The van der Waals surface area contributed by atoms with E-state index in [1.165, 1.54) is 0 Å². The molecule has 0 aromatic heterocycles. The molecule has 1 heterocycles. The Morgan fingerprint density at radius 2 is 2.06 bits per heavy atom. The number of rotatable bonds is 6. The second-order valence-corrected chi connectivity index (χ2v) is 4.37. The largest absolute Gasteiger partial charge is 0.379 e. The van der Waals surface area contributed by atoms with Crippen LogP contribution in [0.4, 0.5) is 0 Å². The Bertz CT molecular complexity index is 203. The normalized spacial score (nSPS) is 17.4. The van der Waals surface area contributed by atoms with Crippen LogP contribution < -0.4 is 0 Å². The van der Waals surface area contributed by atoms with Crippen LogP contribution in [0.2, 0.25) is 0 Å². The van der Waals surface area contributed by atoms with Crippen molar-refractivity contribution in [3.05, 3.63) is 0 Å². The number of hydrogen-bond donors (Lipinski definition) is 0. The lowest BCUT2D eigenvalue weighted by Gasteiger charge is -2.27. The topological polar surface area (TPSA) is 32.8 Å². The zero-order chi connectivity index (χ0) is 11.8. The van der Waals surface area contributed by atoms with Gasteiger partial charge >= 0.3 is 0 Å². The zero-order valence-electron chi connectivity index (χ0n) is 10.6. The van der Waals surface area contributed by atoms with Gasteiger partial charge in [0.15, 0.2) is 0 Å². The quantitative estimate of drug-likeness (QED) is 0.679. The van der Waals surface area contributed by atoms with Gasteiger partial charge in [-0.05, 0) is 6.42 Å². The van der Waals surface area contributed by atoms with Crippen molar-refractivity contribution in [3.8, 4) is 0 Å². The molecule has 0 radical (unpaired) electrons. The van der Waals surface area contributed by atoms with E-state index >= 15 is 0 Å². The minimum Gasteiger partial charge on any atom is -0.379 e. The van der Waals surface area contributed by atoms with E-state index in [0.29, 0.717) is 6.42 Å². The molecule has 0 unspecified atom stereocenters. The molecule has 0 saturated carbocycles. The average Bonchev–Trinajstić information content (AvgIpc) is 2.34. The van der Waals surface area contributed by atoms with Gasteiger partial charge in [0.1, 0.15) is 0 Å². The number of nitrogens with zero attached hydrogens (tertiary/aromatic N) is 2. The minimum atomic E-state index is 0.264. The molecule has 4 heteroatoms. The van der Waals surface area contributed by atoms with E-state index in [1.54, 1.807) is 0 Å². The summed E-state index contributed by atoms with van der Waals surface area (Å²) in [4.78, 5) is 15.9. The van der Waals surface area contributed by atoms with E-state index in [4.69, 9.17) is 4.74 Å². The SMILES string of the molecule is CCCCN(C)C(=O)CCN1CCOCC1. The number of hydrogen-bond acceptors (Lipinski definition) is 3. The summed E-state index contributed by atoms with van der Waals surface area (Å²) in [6.07, 6.45) is 2.88. The summed E-state index contributed by atoms with van der Waals surface area (Å²) in [5.74, 6) is 0.264. The maximum atomic E-state index is 11.8. The van der Waals surface area contributed by atoms with Crippen molar-refractivity contribution < 1.29 is 9.53 Å². The van der Waals surface area contributed by atoms with Crippen molar-refractivity contribution in [2.24, 2.45) is 0 Å². The number of ether oxygens (including phenoxy) is 1. The van der Waals surface area contributed by atoms with E-state index in [-0.39, 0.29) is 5.91 Å². The molecule has 0 aliphatic carbocycles. The van der Waals surface area contributed by atoms with Crippen LogP contribution >= 0.6 is 0 Å². The molecule has 1 rings (SSSR count). The fourth-order valence-corrected chi connectivity index (χ4v) is 1.79. The molecule has 1 fully saturated rings. The van der Waals surface area contributed by atoms with E-state index < -0.39 is 0 Å². The van der Waals surface area contributed by atoms with Crippen LogP contribution in [0.5, 0.6) is 0 Å². The summed E-state index contributed by atoms with van der Waals surface area (Å²) < 4.78 is 5.27. The smallest absolute Gasteiger partial charge is 0.223 e. The van der Waals surface area contributed by atoms with Crippen molar-refractivity contribution in [1.29, 1.82) is 0 Å². The molecule has 0 atom stereocenters. The van der Waals surface area contributed by atoms with Crippen molar-refractivity contribution in [2.45, 2.75) is 26.2 Å². The second-order valence-electron chi connectivity index (χ2n) is 4.37. The summed E-state index contributed by atoms with van der Waals surface area (Å²) >= 11 is 0. The summed E-state index contributed by atoms with van der Waals surface area (Å²) in [5, 5.41) is 0. The van der Waals surface area contributed by atoms with Crippen LogP contribution in [-0.4, -0.2) is 62.1 Å². The first-order valence-corrected chi connectivity index (χ1v) is 6.28. The predicted molar refractivity (Wildman–Crippen MR) is 64.4 cm³/mol. The van der Waals surface area contributed by atoms with Gasteiger partial charge in [0.25, 0.3) is 0 Å². The van der Waals surface area contributed by atoms with Gasteiger partial charge in [0.2, 0.25) is 5.91 Å². The van der Waals surface area contributed by atoms with Crippen LogP contribution in [0.3, 0.4) is 0 Å². The lowest BCUT2D eigenvalue weighted by molar-refractivity contribution is -0.130. The van der Waals surface area contributed by atoms with Crippen LogP contribution in [0, 0.1) is 0 Å². The Kier molecular flexibility index (Phi) is 6.42. The summed E-state index contributed by atoms with van der Waals surface area (Å²) in [7, 11) is 1.90. The lowest BCUT2D eigenvalue weighted by Crippen LogP contribution is -2.39. The highest BCUT2D eigenvalue weighted by molar-refractivity contribution is 5.76. The van der Waals surface area contributed by atoms with Crippen molar-refractivity contribution in [1.82, 2.24) is 9.80 Å². The Balaban J connectivity index is 2.12. The van der Waals surface area contributed by atoms with Crippen LogP contribution in [-0.2, 0) is 9.53 Å². The lowest BCUT2D eigenvalue weighted by atomic mass is 10.3. The minimum absolute atomic E-state index is 0.264. The van der Waals surface area contributed by atoms with Gasteiger partial charge in [-0.1, -0.05) is 13.3 Å². The van der Waals surface area contributed by atoms with Gasteiger partial charge in [-0.15, -0.1) is 0 Å². The second kappa shape index (κ2) is 7.63. The molecule has 16 heavy (non-hydrogen) atoms. The van der Waals surface area contributed by atoms with Crippen LogP contribution in [0.1, 0.15) is 26.2 Å².